The Hall–Kier alpha value is -2.81. The molecule has 0 fully saturated rings. The molecule has 1 atom stereocenters. The molecule has 122 valence electrons. The zero-order valence-corrected chi connectivity index (χ0v) is 14.2. The summed E-state index contributed by atoms with van der Waals surface area (Å²) in [5, 5.41) is 5.08. The number of carbonyl (C=O) groups is 1. The summed E-state index contributed by atoms with van der Waals surface area (Å²) in [6.07, 6.45) is -0.588. The molecule has 0 bridgehead atoms. The van der Waals surface area contributed by atoms with Gasteiger partial charge >= 0.3 is 0 Å². The molecule has 1 amide bonds. The van der Waals surface area contributed by atoms with Gasteiger partial charge in [0.2, 0.25) is 0 Å². The van der Waals surface area contributed by atoms with Crippen molar-refractivity contribution in [3.8, 4) is 5.75 Å². The highest BCUT2D eigenvalue weighted by Gasteiger charge is 2.17. The van der Waals surface area contributed by atoms with Crippen LogP contribution in [0.15, 0.2) is 60.7 Å². The predicted octanol–water partition coefficient (Wildman–Crippen LogP) is 4.86. The Labute approximate surface area is 142 Å². The van der Waals surface area contributed by atoms with Crippen LogP contribution in [0, 0.1) is 13.8 Å². The fourth-order valence-corrected chi connectivity index (χ4v) is 2.78. The number of ether oxygens (including phenoxy) is 1. The maximum atomic E-state index is 12.5. The summed E-state index contributed by atoms with van der Waals surface area (Å²) >= 11 is 0. The van der Waals surface area contributed by atoms with Gasteiger partial charge in [0.05, 0.1) is 0 Å². The van der Waals surface area contributed by atoms with Gasteiger partial charge in [0.15, 0.2) is 6.10 Å². The van der Waals surface area contributed by atoms with Crippen molar-refractivity contribution in [2.24, 2.45) is 0 Å². The van der Waals surface area contributed by atoms with Crippen molar-refractivity contribution in [2.75, 3.05) is 5.32 Å². The first-order chi connectivity index (χ1) is 11.6. The number of para-hydroxylation sites is 1. The third kappa shape index (κ3) is 3.25. The standard InChI is InChI=1S/C21H21NO2/c1-14-8-6-9-15(2)20(14)22-21(23)16(3)24-19-13-7-11-17-10-4-5-12-18(17)19/h4-13,16H,1-3H3,(H,22,23)/t16-/m1/s1. The van der Waals surface area contributed by atoms with E-state index in [1.54, 1.807) is 6.92 Å². The molecule has 3 rings (SSSR count). The van der Waals surface area contributed by atoms with Crippen molar-refractivity contribution in [2.45, 2.75) is 26.9 Å². The van der Waals surface area contributed by atoms with E-state index in [0.717, 1.165) is 33.3 Å². The van der Waals surface area contributed by atoms with Crippen LogP contribution in [0.1, 0.15) is 18.1 Å². The lowest BCUT2D eigenvalue weighted by Gasteiger charge is -2.18. The summed E-state index contributed by atoms with van der Waals surface area (Å²) in [7, 11) is 0. The Morgan fingerprint density at radius 2 is 1.54 bits per heavy atom. The molecule has 0 aromatic heterocycles. The molecule has 0 aliphatic heterocycles. The molecule has 0 aliphatic rings. The van der Waals surface area contributed by atoms with E-state index in [9.17, 15) is 4.79 Å². The first-order valence-electron chi connectivity index (χ1n) is 8.08. The molecule has 3 aromatic rings. The van der Waals surface area contributed by atoms with Crippen LogP contribution in [0.3, 0.4) is 0 Å². The van der Waals surface area contributed by atoms with Gasteiger partial charge in [-0.15, -0.1) is 0 Å². The van der Waals surface area contributed by atoms with Crippen LogP contribution in [-0.4, -0.2) is 12.0 Å². The Bertz CT molecular complexity index is 860. The SMILES string of the molecule is Cc1cccc(C)c1NC(=O)[C@@H](C)Oc1cccc2ccccc12. The lowest BCUT2D eigenvalue weighted by molar-refractivity contribution is -0.122. The second-order valence-electron chi connectivity index (χ2n) is 5.99. The normalized spacial score (nSPS) is 12.0. The average molecular weight is 319 g/mol. The average Bonchev–Trinajstić information content (AvgIpc) is 2.58. The van der Waals surface area contributed by atoms with Crippen LogP contribution >= 0.6 is 0 Å². The van der Waals surface area contributed by atoms with Crippen molar-refractivity contribution in [3.05, 3.63) is 71.8 Å². The van der Waals surface area contributed by atoms with Crippen molar-refractivity contribution in [3.63, 3.8) is 0 Å². The minimum absolute atomic E-state index is 0.152. The Morgan fingerprint density at radius 1 is 0.917 bits per heavy atom. The lowest BCUT2D eigenvalue weighted by Crippen LogP contribution is -2.30. The van der Waals surface area contributed by atoms with Crippen LogP contribution in [0.2, 0.25) is 0 Å². The van der Waals surface area contributed by atoms with E-state index < -0.39 is 6.10 Å². The maximum Gasteiger partial charge on any atom is 0.265 e. The van der Waals surface area contributed by atoms with Gasteiger partial charge in [-0.25, -0.2) is 0 Å². The largest absolute Gasteiger partial charge is 0.480 e. The molecule has 3 aromatic carbocycles. The van der Waals surface area contributed by atoms with E-state index in [1.165, 1.54) is 0 Å². The Morgan fingerprint density at radius 3 is 2.29 bits per heavy atom. The molecule has 0 aliphatic carbocycles. The highest BCUT2D eigenvalue weighted by molar-refractivity contribution is 5.96. The van der Waals surface area contributed by atoms with E-state index in [-0.39, 0.29) is 5.91 Å². The Kier molecular flexibility index (Phi) is 4.52. The predicted molar refractivity (Wildman–Crippen MR) is 98.6 cm³/mol. The molecular formula is C21H21NO2. The monoisotopic (exact) mass is 319 g/mol. The molecular weight excluding hydrogens is 298 g/mol. The summed E-state index contributed by atoms with van der Waals surface area (Å²) in [6.45, 7) is 5.74. The van der Waals surface area contributed by atoms with Crippen LogP contribution < -0.4 is 10.1 Å². The number of carbonyl (C=O) groups excluding carboxylic acids is 1. The number of benzene rings is 3. The quantitative estimate of drug-likeness (QED) is 0.745. The summed E-state index contributed by atoms with van der Waals surface area (Å²) in [5.41, 5.74) is 2.94. The van der Waals surface area contributed by atoms with Crippen LogP contribution in [0.25, 0.3) is 10.8 Å². The molecule has 3 heteroatoms. The van der Waals surface area contributed by atoms with Crippen molar-refractivity contribution in [1.82, 2.24) is 0 Å². The zero-order chi connectivity index (χ0) is 17.1. The number of anilines is 1. The van der Waals surface area contributed by atoms with Crippen molar-refractivity contribution < 1.29 is 9.53 Å². The van der Waals surface area contributed by atoms with Crippen LogP contribution in [0.4, 0.5) is 5.69 Å². The van der Waals surface area contributed by atoms with Crippen molar-refractivity contribution in [1.29, 1.82) is 0 Å². The second kappa shape index (κ2) is 6.75. The number of rotatable bonds is 4. The van der Waals surface area contributed by atoms with E-state index in [0.29, 0.717) is 0 Å². The topological polar surface area (TPSA) is 38.3 Å². The van der Waals surface area contributed by atoms with Gasteiger partial charge in [-0.1, -0.05) is 54.6 Å². The first kappa shape index (κ1) is 16.1. The van der Waals surface area contributed by atoms with Gasteiger partial charge in [0, 0.05) is 11.1 Å². The van der Waals surface area contributed by atoms with Crippen molar-refractivity contribution >= 4 is 22.4 Å². The minimum atomic E-state index is -0.588. The van der Waals surface area contributed by atoms with Gasteiger partial charge in [0.1, 0.15) is 5.75 Å². The number of fused-ring (bicyclic) bond motifs is 1. The minimum Gasteiger partial charge on any atom is -0.480 e. The second-order valence-corrected chi connectivity index (χ2v) is 5.99. The summed E-state index contributed by atoms with van der Waals surface area (Å²) in [6, 6.07) is 19.8. The van der Waals surface area contributed by atoms with Crippen LogP contribution in [-0.2, 0) is 4.79 Å². The smallest absolute Gasteiger partial charge is 0.265 e. The molecule has 0 saturated heterocycles. The third-order valence-electron chi connectivity index (χ3n) is 4.15. The van der Waals surface area contributed by atoms with E-state index in [1.807, 2.05) is 74.5 Å². The number of aryl methyl sites for hydroxylation is 2. The third-order valence-corrected chi connectivity index (χ3v) is 4.15. The number of hydrogen-bond donors (Lipinski definition) is 1. The highest BCUT2D eigenvalue weighted by atomic mass is 16.5. The van der Waals surface area contributed by atoms with Gasteiger partial charge in [-0.3, -0.25) is 4.79 Å². The van der Waals surface area contributed by atoms with E-state index >= 15 is 0 Å². The molecule has 24 heavy (non-hydrogen) atoms. The molecule has 0 spiro atoms. The van der Waals surface area contributed by atoms with Gasteiger partial charge in [0.25, 0.3) is 5.91 Å². The molecule has 0 radical (unpaired) electrons. The fourth-order valence-electron chi connectivity index (χ4n) is 2.78. The summed E-state index contributed by atoms with van der Waals surface area (Å²) in [4.78, 5) is 12.5. The highest BCUT2D eigenvalue weighted by Crippen LogP contribution is 2.26. The summed E-state index contributed by atoms with van der Waals surface area (Å²) < 4.78 is 5.93. The van der Waals surface area contributed by atoms with Gasteiger partial charge < -0.3 is 10.1 Å². The van der Waals surface area contributed by atoms with Gasteiger partial charge in [-0.05, 0) is 43.4 Å². The first-order valence-corrected chi connectivity index (χ1v) is 8.08. The summed E-state index contributed by atoms with van der Waals surface area (Å²) in [5.74, 6) is 0.567. The van der Waals surface area contributed by atoms with Gasteiger partial charge in [-0.2, -0.15) is 0 Å². The number of nitrogens with one attached hydrogen (secondary N) is 1. The molecule has 0 saturated carbocycles. The molecule has 0 heterocycles. The lowest BCUT2D eigenvalue weighted by atomic mass is 10.1. The zero-order valence-electron chi connectivity index (χ0n) is 14.2. The van der Waals surface area contributed by atoms with E-state index in [4.69, 9.17) is 4.74 Å². The Balaban J connectivity index is 1.79. The number of amides is 1. The number of hydrogen-bond acceptors (Lipinski definition) is 2. The van der Waals surface area contributed by atoms with E-state index in [2.05, 4.69) is 5.32 Å². The molecule has 1 N–H and O–H groups in total. The van der Waals surface area contributed by atoms with Crippen LogP contribution in [0.5, 0.6) is 5.75 Å². The maximum absolute atomic E-state index is 12.5. The fraction of sp³-hybridized carbons (Fsp3) is 0.190. The molecule has 0 unspecified atom stereocenters. The molecule has 3 nitrogen and oxygen atoms in total.